The summed E-state index contributed by atoms with van der Waals surface area (Å²) in [5, 5.41) is 12.5. The van der Waals surface area contributed by atoms with Crippen LogP contribution in [0.2, 0.25) is 0 Å². The first kappa shape index (κ1) is 12.0. The van der Waals surface area contributed by atoms with E-state index in [-0.39, 0.29) is 18.2 Å². The molecule has 0 bridgehead atoms. The zero-order valence-corrected chi connectivity index (χ0v) is 10.2. The Kier molecular flexibility index (Phi) is 3.37. The predicted molar refractivity (Wildman–Crippen MR) is 60.9 cm³/mol. The molecule has 2 heterocycles. The topological polar surface area (TPSA) is 83.4 Å². The average molecular weight is 255 g/mol. The van der Waals surface area contributed by atoms with Gasteiger partial charge >= 0.3 is 5.97 Å². The first-order valence-electron chi connectivity index (χ1n) is 5.38. The second-order valence-electron chi connectivity index (χ2n) is 4.19. The molecule has 1 fully saturated rings. The zero-order chi connectivity index (χ0) is 12.4. The van der Waals surface area contributed by atoms with E-state index in [0.29, 0.717) is 23.7 Å². The highest BCUT2D eigenvalue weighted by Crippen LogP contribution is 2.23. The summed E-state index contributed by atoms with van der Waals surface area (Å²) in [5.74, 6) is -0.817. The fourth-order valence-electron chi connectivity index (χ4n) is 2.00. The minimum Gasteiger partial charge on any atom is -0.481 e. The normalized spacial score (nSPS) is 19.6. The minimum atomic E-state index is -0.806. The van der Waals surface area contributed by atoms with E-state index in [4.69, 9.17) is 5.11 Å². The molecule has 1 N–H and O–H groups in total. The molecule has 1 amide bonds. The lowest BCUT2D eigenvalue weighted by Crippen LogP contribution is -2.28. The first-order chi connectivity index (χ1) is 8.08. The number of likely N-dealkylation sites (tertiary alicyclic amines) is 1. The molecule has 7 heteroatoms. The molecule has 17 heavy (non-hydrogen) atoms. The summed E-state index contributed by atoms with van der Waals surface area (Å²) in [7, 11) is 0. The SMILES string of the molecule is Cc1nnsc1C(=O)N1CCC(CC(=O)O)C1. The molecule has 92 valence electrons. The number of aryl methyl sites for hydroxylation is 1. The van der Waals surface area contributed by atoms with Gasteiger partial charge < -0.3 is 10.0 Å². The van der Waals surface area contributed by atoms with Crippen LogP contribution in [0, 0.1) is 12.8 Å². The van der Waals surface area contributed by atoms with Gasteiger partial charge in [-0.25, -0.2) is 0 Å². The summed E-state index contributed by atoms with van der Waals surface area (Å²) in [6.45, 7) is 2.89. The second-order valence-corrected chi connectivity index (χ2v) is 4.95. The van der Waals surface area contributed by atoms with Crippen molar-refractivity contribution in [2.75, 3.05) is 13.1 Å². The third kappa shape index (κ3) is 2.60. The summed E-state index contributed by atoms with van der Waals surface area (Å²) in [5.41, 5.74) is 0.640. The lowest BCUT2D eigenvalue weighted by Gasteiger charge is -2.14. The van der Waals surface area contributed by atoms with Crippen LogP contribution in [0.4, 0.5) is 0 Å². The van der Waals surface area contributed by atoms with Crippen LogP contribution < -0.4 is 0 Å². The Hall–Kier alpha value is -1.50. The van der Waals surface area contributed by atoms with E-state index < -0.39 is 5.97 Å². The van der Waals surface area contributed by atoms with Gasteiger partial charge in [0.1, 0.15) is 4.88 Å². The van der Waals surface area contributed by atoms with Crippen molar-refractivity contribution in [2.24, 2.45) is 5.92 Å². The lowest BCUT2D eigenvalue weighted by atomic mass is 10.1. The smallest absolute Gasteiger partial charge is 0.303 e. The Balaban J connectivity index is 1.99. The van der Waals surface area contributed by atoms with E-state index in [1.165, 1.54) is 0 Å². The van der Waals surface area contributed by atoms with Crippen LogP contribution in [0.15, 0.2) is 0 Å². The summed E-state index contributed by atoms with van der Waals surface area (Å²) < 4.78 is 3.73. The number of carbonyl (C=O) groups excluding carboxylic acids is 1. The average Bonchev–Trinajstić information content (AvgIpc) is 2.85. The van der Waals surface area contributed by atoms with E-state index in [1.807, 2.05) is 0 Å². The highest BCUT2D eigenvalue weighted by Gasteiger charge is 2.29. The Morgan fingerprint density at radius 2 is 2.35 bits per heavy atom. The van der Waals surface area contributed by atoms with Crippen LogP contribution in [0.3, 0.4) is 0 Å². The summed E-state index contributed by atoms with van der Waals surface area (Å²) >= 11 is 1.09. The van der Waals surface area contributed by atoms with Crippen LogP contribution in [0.1, 0.15) is 28.2 Å². The van der Waals surface area contributed by atoms with Gasteiger partial charge in [0.15, 0.2) is 0 Å². The van der Waals surface area contributed by atoms with E-state index in [2.05, 4.69) is 9.59 Å². The molecular formula is C10H13N3O3S. The highest BCUT2D eigenvalue weighted by atomic mass is 32.1. The fraction of sp³-hybridized carbons (Fsp3) is 0.600. The number of carboxylic acid groups (broad SMARTS) is 1. The maximum atomic E-state index is 12.1. The van der Waals surface area contributed by atoms with Crippen molar-refractivity contribution in [3.05, 3.63) is 10.6 Å². The van der Waals surface area contributed by atoms with E-state index >= 15 is 0 Å². The minimum absolute atomic E-state index is 0.0673. The van der Waals surface area contributed by atoms with Gasteiger partial charge in [0.05, 0.1) is 5.69 Å². The maximum Gasteiger partial charge on any atom is 0.303 e. The monoisotopic (exact) mass is 255 g/mol. The molecule has 1 saturated heterocycles. The molecule has 1 unspecified atom stereocenters. The van der Waals surface area contributed by atoms with E-state index in [0.717, 1.165) is 18.0 Å². The molecule has 1 aromatic heterocycles. The highest BCUT2D eigenvalue weighted by molar-refractivity contribution is 7.07. The van der Waals surface area contributed by atoms with Gasteiger partial charge in [0.25, 0.3) is 5.91 Å². The van der Waals surface area contributed by atoms with Crippen LogP contribution in [0.5, 0.6) is 0 Å². The maximum absolute atomic E-state index is 12.1. The lowest BCUT2D eigenvalue weighted by molar-refractivity contribution is -0.138. The van der Waals surface area contributed by atoms with Crippen molar-refractivity contribution < 1.29 is 14.7 Å². The number of aliphatic carboxylic acids is 1. The molecule has 2 rings (SSSR count). The number of aromatic nitrogens is 2. The van der Waals surface area contributed by atoms with Gasteiger partial charge in [-0.15, -0.1) is 5.10 Å². The number of amides is 1. The van der Waals surface area contributed by atoms with E-state index in [9.17, 15) is 9.59 Å². The summed E-state index contributed by atoms with van der Waals surface area (Å²) in [4.78, 5) is 24.9. The van der Waals surface area contributed by atoms with Gasteiger partial charge in [-0.2, -0.15) is 0 Å². The van der Waals surface area contributed by atoms with Crippen molar-refractivity contribution in [3.8, 4) is 0 Å². The Morgan fingerprint density at radius 3 is 2.94 bits per heavy atom. The van der Waals surface area contributed by atoms with Crippen molar-refractivity contribution in [3.63, 3.8) is 0 Å². The molecule has 0 radical (unpaired) electrons. The Bertz CT molecular complexity index is 446. The molecule has 0 spiro atoms. The number of rotatable bonds is 3. The molecule has 1 aliphatic heterocycles. The predicted octanol–water partition coefficient (Wildman–Crippen LogP) is 0.783. The van der Waals surface area contributed by atoms with Gasteiger partial charge in [-0.05, 0) is 30.8 Å². The number of carbonyl (C=O) groups is 2. The number of hydrogen-bond acceptors (Lipinski definition) is 5. The van der Waals surface area contributed by atoms with Crippen molar-refractivity contribution in [2.45, 2.75) is 19.8 Å². The Morgan fingerprint density at radius 1 is 1.59 bits per heavy atom. The first-order valence-corrected chi connectivity index (χ1v) is 6.15. The standard InChI is InChI=1S/C10H13N3O3S/c1-6-9(17-12-11-6)10(16)13-3-2-7(5-13)4-8(14)15/h7H,2-5H2,1H3,(H,14,15). The molecule has 0 aliphatic carbocycles. The van der Waals surface area contributed by atoms with Crippen LogP contribution in [0.25, 0.3) is 0 Å². The molecule has 0 aromatic carbocycles. The second kappa shape index (κ2) is 4.79. The van der Waals surface area contributed by atoms with Crippen molar-refractivity contribution in [1.82, 2.24) is 14.5 Å². The molecule has 6 nitrogen and oxygen atoms in total. The third-order valence-corrected chi connectivity index (χ3v) is 3.70. The van der Waals surface area contributed by atoms with Crippen LogP contribution in [-0.2, 0) is 4.79 Å². The van der Waals surface area contributed by atoms with Crippen molar-refractivity contribution in [1.29, 1.82) is 0 Å². The van der Waals surface area contributed by atoms with Crippen LogP contribution >= 0.6 is 11.5 Å². The summed E-state index contributed by atoms with van der Waals surface area (Å²) in [6.07, 6.45) is 0.882. The number of carboxylic acids is 1. The van der Waals surface area contributed by atoms with Gasteiger partial charge in [0, 0.05) is 19.5 Å². The molecule has 1 aliphatic rings. The molecule has 1 aromatic rings. The van der Waals surface area contributed by atoms with Crippen LogP contribution in [-0.4, -0.2) is 44.6 Å². The van der Waals surface area contributed by atoms with Gasteiger partial charge in [-0.1, -0.05) is 4.49 Å². The molecular weight excluding hydrogens is 242 g/mol. The zero-order valence-electron chi connectivity index (χ0n) is 9.42. The van der Waals surface area contributed by atoms with Crippen molar-refractivity contribution >= 4 is 23.4 Å². The summed E-state index contributed by atoms with van der Waals surface area (Å²) in [6, 6.07) is 0. The number of nitrogens with zero attached hydrogens (tertiary/aromatic N) is 3. The van der Waals surface area contributed by atoms with Gasteiger partial charge in [-0.3, -0.25) is 9.59 Å². The Labute approximate surface area is 102 Å². The quantitative estimate of drug-likeness (QED) is 0.863. The number of hydrogen-bond donors (Lipinski definition) is 1. The fourth-order valence-corrected chi connectivity index (χ4v) is 2.63. The largest absolute Gasteiger partial charge is 0.481 e. The van der Waals surface area contributed by atoms with E-state index in [1.54, 1.807) is 11.8 Å². The van der Waals surface area contributed by atoms with Gasteiger partial charge in [0.2, 0.25) is 0 Å². The molecule has 1 atom stereocenters. The third-order valence-electron chi connectivity index (χ3n) is 2.88. The molecule has 0 saturated carbocycles.